The van der Waals surface area contributed by atoms with Gasteiger partial charge < -0.3 is 20.5 Å². The van der Waals surface area contributed by atoms with Crippen LogP contribution in [0.2, 0.25) is 0 Å². The largest absolute Gasteiger partial charge is 0.419 e. The maximum absolute atomic E-state index is 13.0. The van der Waals surface area contributed by atoms with Crippen LogP contribution in [0.4, 0.5) is 19.0 Å². The third-order valence-electron chi connectivity index (χ3n) is 4.74. The predicted molar refractivity (Wildman–Crippen MR) is 132 cm³/mol. The molecule has 1 aromatic carbocycles. The highest BCUT2D eigenvalue weighted by Crippen LogP contribution is 2.33. The smallest absolute Gasteiger partial charge is 0.368 e. The molecule has 7 nitrogen and oxygen atoms in total. The molecule has 3 aromatic rings. The van der Waals surface area contributed by atoms with Gasteiger partial charge in [0.25, 0.3) is 0 Å². The molecule has 0 radical (unpaired) electrons. The van der Waals surface area contributed by atoms with Crippen LogP contribution in [0.25, 0.3) is 11.0 Å². The van der Waals surface area contributed by atoms with Gasteiger partial charge in [0, 0.05) is 39.4 Å². The second-order valence-corrected chi connectivity index (χ2v) is 6.90. The molecule has 11 heteroatoms. The summed E-state index contributed by atoms with van der Waals surface area (Å²) in [5.74, 6) is 1.39. The van der Waals surface area contributed by atoms with Crippen molar-refractivity contribution < 1.29 is 13.2 Å². The summed E-state index contributed by atoms with van der Waals surface area (Å²) < 4.78 is 41.2. The molecule has 0 saturated carbocycles. The van der Waals surface area contributed by atoms with E-state index in [2.05, 4.69) is 41.5 Å². The fourth-order valence-corrected chi connectivity index (χ4v) is 3.28. The summed E-state index contributed by atoms with van der Waals surface area (Å²) in [6, 6.07) is 10.3. The summed E-state index contributed by atoms with van der Waals surface area (Å²) in [5, 5.41) is 9.02. The van der Waals surface area contributed by atoms with Gasteiger partial charge >= 0.3 is 6.18 Å². The van der Waals surface area contributed by atoms with Crippen LogP contribution in [0.1, 0.15) is 17.8 Å². The Kier molecular flexibility index (Phi) is 9.54. The lowest BCUT2D eigenvalue weighted by Crippen LogP contribution is -2.40. The van der Waals surface area contributed by atoms with E-state index in [0.717, 1.165) is 35.9 Å². The number of anilines is 1. The minimum Gasteiger partial charge on any atom is -0.368 e. The van der Waals surface area contributed by atoms with Crippen molar-refractivity contribution in [1.29, 1.82) is 0 Å². The number of aromatic nitrogens is 3. The zero-order valence-electron chi connectivity index (χ0n) is 17.9. The number of aryl methyl sites for hydroxylation is 2. The molecule has 0 bridgehead atoms. The lowest BCUT2D eigenvalue weighted by Gasteiger charge is -2.15. The molecular formula is C21H27F3IN7. The lowest BCUT2D eigenvalue weighted by molar-refractivity contribution is -0.137. The highest BCUT2D eigenvalue weighted by Gasteiger charge is 2.33. The molecule has 0 spiro atoms. The molecule has 0 atom stereocenters. The van der Waals surface area contributed by atoms with Crippen LogP contribution in [0, 0.1) is 6.92 Å². The van der Waals surface area contributed by atoms with Crippen molar-refractivity contribution in [2.45, 2.75) is 26.1 Å². The number of benzene rings is 1. The quantitative estimate of drug-likeness (QED) is 0.168. The molecule has 3 N–H and O–H groups in total. The Bertz CT molecular complexity index is 1030. The van der Waals surface area contributed by atoms with Crippen molar-refractivity contribution >= 4 is 46.8 Å². The highest BCUT2D eigenvalue weighted by molar-refractivity contribution is 14.0. The topological polar surface area (TPSA) is 79.2 Å². The van der Waals surface area contributed by atoms with E-state index in [4.69, 9.17) is 0 Å². The maximum Gasteiger partial charge on any atom is 0.419 e. The zero-order valence-corrected chi connectivity index (χ0v) is 20.2. The van der Waals surface area contributed by atoms with Crippen molar-refractivity contribution in [1.82, 2.24) is 25.2 Å². The second-order valence-electron chi connectivity index (χ2n) is 6.90. The molecule has 2 heterocycles. The fraction of sp³-hybridized carbons (Fsp3) is 0.381. The van der Waals surface area contributed by atoms with E-state index < -0.39 is 11.7 Å². The molecule has 0 aliphatic heterocycles. The number of imidazole rings is 1. The Morgan fingerprint density at radius 2 is 1.81 bits per heavy atom. The normalized spacial score (nSPS) is 11.8. The third kappa shape index (κ3) is 6.71. The van der Waals surface area contributed by atoms with Crippen LogP contribution in [0.15, 0.2) is 47.6 Å². The van der Waals surface area contributed by atoms with Gasteiger partial charge in [0.2, 0.25) is 0 Å². The van der Waals surface area contributed by atoms with Crippen LogP contribution in [0.3, 0.4) is 0 Å². The molecule has 0 saturated heterocycles. The summed E-state index contributed by atoms with van der Waals surface area (Å²) in [4.78, 5) is 12.5. The summed E-state index contributed by atoms with van der Waals surface area (Å²) in [7, 11) is 1.65. The fourth-order valence-electron chi connectivity index (χ4n) is 3.28. The van der Waals surface area contributed by atoms with E-state index in [9.17, 15) is 13.2 Å². The van der Waals surface area contributed by atoms with Gasteiger partial charge in [-0.2, -0.15) is 13.2 Å². The zero-order chi connectivity index (χ0) is 22.3. The van der Waals surface area contributed by atoms with Gasteiger partial charge in [-0.1, -0.05) is 12.1 Å². The van der Waals surface area contributed by atoms with E-state index in [0.29, 0.717) is 19.0 Å². The van der Waals surface area contributed by atoms with Crippen LogP contribution >= 0.6 is 24.0 Å². The third-order valence-corrected chi connectivity index (χ3v) is 4.74. The van der Waals surface area contributed by atoms with Crippen LogP contribution < -0.4 is 16.0 Å². The maximum atomic E-state index is 13.0. The standard InChI is InChI=1S/C21H26F3N7.HI/c1-15-30-17-8-3-4-9-18(17)31(15)14-6-11-28-20(25-2)29-13-12-27-19-16(21(22,23)24)7-5-10-26-19;/h3-5,7-10H,6,11-14H2,1-2H3,(H,26,27)(H2,25,28,29);1H. The number of rotatable bonds is 8. The average molecular weight is 561 g/mol. The Morgan fingerprint density at radius 1 is 1.06 bits per heavy atom. The number of para-hydroxylation sites is 2. The van der Waals surface area contributed by atoms with Crippen LogP contribution in [-0.4, -0.2) is 47.2 Å². The number of alkyl halides is 3. The predicted octanol–water partition coefficient (Wildman–Crippen LogP) is 4.04. The Hall–Kier alpha value is -2.57. The summed E-state index contributed by atoms with van der Waals surface area (Å²) in [6.07, 6.45) is -2.25. The number of guanidine groups is 1. The van der Waals surface area contributed by atoms with E-state index in [1.54, 1.807) is 7.05 Å². The monoisotopic (exact) mass is 561 g/mol. The molecule has 174 valence electrons. The molecule has 0 unspecified atom stereocenters. The van der Waals surface area contributed by atoms with Gasteiger partial charge in [0.1, 0.15) is 11.6 Å². The van der Waals surface area contributed by atoms with Gasteiger partial charge in [0.15, 0.2) is 5.96 Å². The second kappa shape index (κ2) is 11.9. The lowest BCUT2D eigenvalue weighted by atomic mass is 10.2. The average Bonchev–Trinajstić information content (AvgIpc) is 3.07. The number of aliphatic imine (C=N–C) groups is 1. The van der Waals surface area contributed by atoms with Crippen LogP contribution in [0.5, 0.6) is 0 Å². The van der Waals surface area contributed by atoms with Crippen molar-refractivity contribution in [2.75, 3.05) is 32.0 Å². The highest BCUT2D eigenvalue weighted by atomic mass is 127. The Balaban J connectivity index is 0.00000363. The molecule has 0 fully saturated rings. The summed E-state index contributed by atoms with van der Waals surface area (Å²) >= 11 is 0. The van der Waals surface area contributed by atoms with Gasteiger partial charge in [0.05, 0.1) is 16.6 Å². The van der Waals surface area contributed by atoms with Crippen molar-refractivity contribution in [3.05, 3.63) is 54.0 Å². The van der Waals surface area contributed by atoms with Gasteiger partial charge in [-0.25, -0.2) is 9.97 Å². The first kappa shape index (κ1) is 25.7. The number of halogens is 4. The van der Waals surface area contributed by atoms with E-state index in [1.165, 1.54) is 12.3 Å². The van der Waals surface area contributed by atoms with E-state index in [-0.39, 0.29) is 36.3 Å². The Labute approximate surface area is 201 Å². The number of pyridine rings is 1. The molecule has 0 aliphatic rings. The van der Waals surface area contributed by atoms with Crippen molar-refractivity contribution in [3.63, 3.8) is 0 Å². The molecular weight excluding hydrogens is 534 g/mol. The number of nitrogens with one attached hydrogen (secondary N) is 3. The molecule has 3 rings (SSSR count). The summed E-state index contributed by atoms with van der Waals surface area (Å²) in [5.41, 5.74) is 1.32. The van der Waals surface area contributed by atoms with Gasteiger partial charge in [-0.05, 0) is 37.6 Å². The van der Waals surface area contributed by atoms with Gasteiger partial charge in [-0.15, -0.1) is 24.0 Å². The number of nitrogens with zero attached hydrogens (tertiary/aromatic N) is 4. The molecule has 32 heavy (non-hydrogen) atoms. The first-order valence-electron chi connectivity index (χ1n) is 10.0. The first-order valence-corrected chi connectivity index (χ1v) is 10.0. The number of fused-ring (bicyclic) bond motifs is 1. The molecule has 0 amide bonds. The minimum absolute atomic E-state index is 0. The molecule has 0 aliphatic carbocycles. The van der Waals surface area contributed by atoms with E-state index >= 15 is 0 Å². The number of hydrogen-bond acceptors (Lipinski definition) is 4. The SMILES string of the molecule is CN=C(NCCCn1c(C)nc2ccccc21)NCCNc1ncccc1C(F)(F)F.I. The molecule has 2 aromatic heterocycles. The Morgan fingerprint density at radius 3 is 2.56 bits per heavy atom. The van der Waals surface area contributed by atoms with Crippen molar-refractivity contribution in [2.24, 2.45) is 4.99 Å². The van der Waals surface area contributed by atoms with E-state index in [1.807, 2.05) is 25.1 Å². The minimum atomic E-state index is -4.44. The first-order chi connectivity index (χ1) is 14.9. The van der Waals surface area contributed by atoms with Crippen LogP contribution in [-0.2, 0) is 12.7 Å². The number of hydrogen-bond donors (Lipinski definition) is 3. The van der Waals surface area contributed by atoms with Gasteiger partial charge in [-0.3, -0.25) is 4.99 Å². The summed E-state index contributed by atoms with van der Waals surface area (Å²) in [6.45, 7) is 4.15. The van der Waals surface area contributed by atoms with Crippen molar-refractivity contribution in [3.8, 4) is 0 Å².